The molecule has 1 rings (SSSR count). The summed E-state index contributed by atoms with van der Waals surface area (Å²) in [6.07, 6.45) is 1.62. The highest BCUT2D eigenvalue weighted by Crippen LogP contribution is 2.36. The van der Waals surface area contributed by atoms with Crippen molar-refractivity contribution < 1.29 is 28.6 Å². The van der Waals surface area contributed by atoms with E-state index in [4.69, 9.17) is 35.4 Å². The molecule has 1 aromatic carbocycles. The van der Waals surface area contributed by atoms with E-state index in [-0.39, 0.29) is 5.97 Å². The Hall–Kier alpha value is -0.910. The third-order valence-corrected chi connectivity index (χ3v) is 3.97. The molecule has 0 aliphatic carbocycles. The molecular weight excluding hydrogens is 367 g/mol. The summed E-state index contributed by atoms with van der Waals surface area (Å²) in [7, 11) is -1.44. The second-order valence-electron chi connectivity index (χ2n) is 6.50. The number of ether oxygens (including phenoxy) is 2. The Kier molecular flexibility index (Phi) is 9.92. The van der Waals surface area contributed by atoms with Crippen LogP contribution in [0.1, 0.15) is 53.0 Å². The van der Waals surface area contributed by atoms with Crippen molar-refractivity contribution in [3.8, 4) is 5.75 Å². The SMILES string of the molecule is CCC(CC)(OC)c1cc(Cl)cc(OC(=O)C(C)(C)C)c1.O=[PH](O)O. The van der Waals surface area contributed by atoms with Crippen LogP contribution < -0.4 is 4.74 Å². The fraction of sp³-hybridized carbons (Fsp3) is 0.588. The van der Waals surface area contributed by atoms with Gasteiger partial charge in [-0.2, -0.15) is 0 Å². The van der Waals surface area contributed by atoms with Gasteiger partial charge >= 0.3 is 14.2 Å². The minimum absolute atomic E-state index is 0.285. The molecule has 0 radical (unpaired) electrons. The van der Waals surface area contributed by atoms with E-state index in [1.54, 1.807) is 13.2 Å². The summed E-state index contributed by atoms with van der Waals surface area (Å²) in [5, 5.41) is 0.535. The molecule has 0 saturated carbocycles. The molecule has 144 valence electrons. The van der Waals surface area contributed by atoms with E-state index in [0.717, 1.165) is 18.4 Å². The minimum atomic E-state index is -3.13. The van der Waals surface area contributed by atoms with Gasteiger partial charge in [0.1, 0.15) is 5.75 Å². The average molecular weight is 395 g/mol. The standard InChI is InChI=1S/C17H25ClO3.H3O3P/c1-7-17(8-2,20-6)12-9-13(18)11-14(10-12)21-15(19)16(3,4)5;1-4(2)3/h9-11H,7-8H2,1-6H3;4H,(H2,1,2,3). The van der Waals surface area contributed by atoms with E-state index in [1.807, 2.05) is 32.9 Å². The molecule has 0 aromatic heterocycles. The first kappa shape index (κ1) is 24.1. The number of carbonyl (C=O) groups is 1. The van der Waals surface area contributed by atoms with Crippen LogP contribution in [0.4, 0.5) is 0 Å². The predicted molar refractivity (Wildman–Crippen MR) is 99.3 cm³/mol. The van der Waals surface area contributed by atoms with Crippen LogP contribution in [0.15, 0.2) is 18.2 Å². The van der Waals surface area contributed by atoms with Gasteiger partial charge in [0.25, 0.3) is 0 Å². The van der Waals surface area contributed by atoms with Crippen LogP contribution >= 0.6 is 19.9 Å². The van der Waals surface area contributed by atoms with Crippen molar-refractivity contribution in [2.75, 3.05) is 7.11 Å². The molecule has 0 amide bonds. The quantitative estimate of drug-likeness (QED) is 0.439. The van der Waals surface area contributed by atoms with Crippen molar-refractivity contribution in [3.05, 3.63) is 28.8 Å². The Bertz CT molecular complexity index is 581. The number of hydrogen-bond acceptors (Lipinski definition) is 4. The lowest BCUT2D eigenvalue weighted by atomic mass is 9.88. The highest BCUT2D eigenvalue weighted by molar-refractivity contribution is 7.30. The fourth-order valence-electron chi connectivity index (χ4n) is 2.21. The largest absolute Gasteiger partial charge is 0.426 e. The number of esters is 1. The van der Waals surface area contributed by atoms with Crippen molar-refractivity contribution >= 4 is 25.8 Å². The zero-order valence-electron chi connectivity index (χ0n) is 15.6. The highest BCUT2D eigenvalue weighted by Gasteiger charge is 2.30. The summed E-state index contributed by atoms with van der Waals surface area (Å²) in [4.78, 5) is 26.3. The summed E-state index contributed by atoms with van der Waals surface area (Å²) in [6, 6.07) is 5.36. The molecule has 0 spiro atoms. The van der Waals surface area contributed by atoms with Crippen LogP contribution in [-0.4, -0.2) is 22.9 Å². The van der Waals surface area contributed by atoms with E-state index >= 15 is 0 Å². The molecule has 0 unspecified atom stereocenters. The molecule has 1 aromatic rings. The molecule has 0 fully saturated rings. The Balaban J connectivity index is 0.00000129. The molecule has 0 aliphatic rings. The van der Waals surface area contributed by atoms with E-state index in [0.29, 0.717) is 10.8 Å². The number of methoxy groups -OCH3 is 1. The van der Waals surface area contributed by atoms with Gasteiger partial charge in [0.05, 0.1) is 11.0 Å². The summed E-state index contributed by atoms with van der Waals surface area (Å²) >= 11 is 6.18. The predicted octanol–water partition coefficient (Wildman–Crippen LogP) is 4.31. The van der Waals surface area contributed by atoms with Gasteiger partial charge in [-0.3, -0.25) is 9.36 Å². The smallest absolute Gasteiger partial charge is 0.316 e. The van der Waals surface area contributed by atoms with E-state index in [9.17, 15) is 4.79 Å². The number of halogens is 1. The zero-order chi connectivity index (χ0) is 19.8. The maximum atomic E-state index is 12.0. The van der Waals surface area contributed by atoms with Gasteiger partial charge in [-0.05, 0) is 57.4 Å². The van der Waals surface area contributed by atoms with E-state index in [1.165, 1.54) is 0 Å². The Morgan fingerprint density at radius 1 is 1.16 bits per heavy atom. The van der Waals surface area contributed by atoms with Crippen molar-refractivity contribution in [3.63, 3.8) is 0 Å². The molecular formula is C17H28ClO6P. The lowest BCUT2D eigenvalue weighted by molar-refractivity contribution is -0.143. The van der Waals surface area contributed by atoms with Crippen molar-refractivity contribution in [1.29, 1.82) is 0 Å². The lowest BCUT2D eigenvalue weighted by Crippen LogP contribution is -2.28. The second kappa shape index (κ2) is 10.3. The maximum Gasteiger partial charge on any atom is 0.316 e. The Morgan fingerprint density at radius 2 is 1.64 bits per heavy atom. The number of rotatable bonds is 5. The van der Waals surface area contributed by atoms with Gasteiger partial charge in [-0.15, -0.1) is 0 Å². The van der Waals surface area contributed by atoms with E-state index < -0.39 is 19.3 Å². The van der Waals surface area contributed by atoms with E-state index in [2.05, 4.69) is 13.8 Å². The lowest BCUT2D eigenvalue weighted by Gasteiger charge is -2.31. The highest BCUT2D eigenvalue weighted by atomic mass is 35.5. The summed E-state index contributed by atoms with van der Waals surface area (Å²) in [5.41, 5.74) is -0.0383. The average Bonchev–Trinajstić information content (AvgIpc) is 2.47. The minimum Gasteiger partial charge on any atom is -0.426 e. The monoisotopic (exact) mass is 394 g/mol. The van der Waals surface area contributed by atoms with Gasteiger partial charge in [0.2, 0.25) is 0 Å². The Labute approximate surface area is 155 Å². The van der Waals surface area contributed by atoms with Crippen LogP contribution in [0.25, 0.3) is 0 Å². The van der Waals surface area contributed by atoms with Gasteiger partial charge < -0.3 is 19.3 Å². The number of hydrogen-bond donors (Lipinski definition) is 2. The summed E-state index contributed by atoms with van der Waals surface area (Å²) < 4.78 is 19.9. The first-order valence-corrected chi connectivity index (χ1v) is 9.60. The van der Waals surface area contributed by atoms with Crippen LogP contribution in [0.5, 0.6) is 5.75 Å². The maximum absolute atomic E-state index is 12.0. The molecule has 0 saturated heterocycles. The molecule has 0 aliphatic heterocycles. The fourth-order valence-corrected chi connectivity index (χ4v) is 2.43. The zero-order valence-corrected chi connectivity index (χ0v) is 17.3. The first-order chi connectivity index (χ1) is 11.4. The van der Waals surface area contributed by atoms with Crippen molar-refractivity contribution in [1.82, 2.24) is 0 Å². The molecule has 0 bridgehead atoms. The molecule has 0 heterocycles. The van der Waals surface area contributed by atoms with Crippen LogP contribution in [0, 0.1) is 5.41 Å². The molecule has 6 nitrogen and oxygen atoms in total. The topological polar surface area (TPSA) is 93.1 Å². The number of benzene rings is 1. The number of carbonyl (C=O) groups excluding carboxylic acids is 1. The second-order valence-corrected chi connectivity index (χ2v) is 7.50. The summed E-state index contributed by atoms with van der Waals surface area (Å²) in [5.74, 6) is 0.174. The molecule has 2 N–H and O–H groups in total. The van der Waals surface area contributed by atoms with Crippen molar-refractivity contribution in [2.45, 2.75) is 53.1 Å². The van der Waals surface area contributed by atoms with Gasteiger partial charge in [-0.25, -0.2) is 0 Å². The summed E-state index contributed by atoms with van der Waals surface area (Å²) in [6.45, 7) is 9.58. The van der Waals surface area contributed by atoms with Gasteiger partial charge in [-0.1, -0.05) is 25.4 Å². The molecule has 8 heteroatoms. The third-order valence-electron chi connectivity index (χ3n) is 3.75. The van der Waals surface area contributed by atoms with Crippen molar-refractivity contribution in [2.24, 2.45) is 5.41 Å². The first-order valence-electron chi connectivity index (χ1n) is 7.92. The van der Waals surface area contributed by atoms with Crippen LogP contribution in [-0.2, 0) is 19.7 Å². The van der Waals surface area contributed by atoms with Gasteiger partial charge in [0.15, 0.2) is 0 Å². The van der Waals surface area contributed by atoms with Crippen LogP contribution in [0.2, 0.25) is 5.02 Å². The molecule has 0 atom stereocenters. The Morgan fingerprint density at radius 3 is 2.00 bits per heavy atom. The molecule has 25 heavy (non-hydrogen) atoms. The third kappa shape index (κ3) is 7.89. The van der Waals surface area contributed by atoms with Crippen LogP contribution in [0.3, 0.4) is 0 Å². The normalized spacial score (nSPS) is 11.8. The van der Waals surface area contributed by atoms with Gasteiger partial charge in [0, 0.05) is 12.1 Å².